The SMILES string of the molecule is CC12C=IC1(C)C1N(c3ccccc3)c3nccnc3N1c1cc(Br)ccc12. The lowest BCUT2D eigenvalue weighted by Gasteiger charge is -2.60. The summed E-state index contributed by atoms with van der Waals surface area (Å²) in [6.45, 7) is 4.87. The Morgan fingerprint density at radius 3 is 2.36 bits per heavy atom. The number of fused-ring (bicyclic) bond motifs is 8. The van der Waals surface area contributed by atoms with Crippen molar-refractivity contribution >= 4 is 63.7 Å². The highest BCUT2D eigenvalue weighted by molar-refractivity contribution is 14.2. The Bertz CT molecular complexity index is 1150. The van der Waals surface area contributed by atoms with E-state index in [1.165, 1.54) is 16.9 Å². The lowest BCUT2D eigenvalue weighted by molar-refractivity contribution is 0.397. The molecule has 2 aromatic carbocycles. The van der Waals surface area contributed by atoms with E-state index in [0.717, 1.165) is 16.1 Å². The molecule has 3 aliphatic heterocycles. The van der Waals surface area contributed by atoms with Crippen LogP contribution in [0, 0.1) is 0 Å². The molecule has 0 amide bonds. The highest BCUT2D eigenvalue weighted by atomic mass is 127. The Morgan fingerprint density at radius 2 is 1.68 bits per heavy atom. The van der Waals surface area contributed by atoms with Crippen LogP contribution in [0.5, 0.6) is 0 Å². The number of alkyl halides is 1. The van der Waals surface area contributed by atoms with Gasteiger partial charge < -0.3 is 9.80 Å². The maximum absolute atomic E-state index is 4.79. The predicted octanol–water partition coefficient (Wildman–Crippen LogP) is 5.67. The molecule has 0 bridgehead atoms. The summed E-state index contributed by atoms with van der Waals surface area (Å²) in [5.41, 5.74) is 3.87. The van der Waals surface area contributed by atoms with E-state index in [4.69, 9.17) is 9.97 Å². The summed E-state index contributed by atoms with van der Waals surface area (Å²) >= 11 is 3.62. The van der Waals surface area contributed by atoms with Gasteiger partial charge in [0.25, 0.3) is 0 Å². The lowest BCUT2D eigenvalue weighted by atomic mass is 9.69. The van der Waals surface area contributed by atoms with Crippen molar-refractivity contribution < 1.29 is 0 Å². The average Bonchev–Trinajstić information content (AvgIpc) is 3.07. The van der Waals surface area contributed by atoms with Gasteiger partial charge in [-0.05, 0) is 40.8 Å². The number of halogens is 2. The Labute approximate surface area is 182 Å². The first-order valence-corrected chi connectivity index (χ1v) is 12.4. The van der Waals surface area contributed by atoms with E-state index in [2.05, 4.69) is 92.1 Å². The first kappa shape index (κ1) is 17.1. The van der Waals surface area contributed by atoms with Crippen molar-refractivity contribution in [3.8, 4) is 0 Å². The number of rotatable bonds is 1. The minimum absolute atomic E-state index is 0.0621. The first-order chi connectivity index (χ1) is 13.5. The van der Waals surface area contributed by atoms with Gasteiger partial charge in [-0.25, -0.2) is 9.97 Å². The van der Waals surface area contributed by atoms with Crippen LogP contribution in [-0.4, -0.2) is 23.6 Å². The Balaban J connectivity index is 1.69. The molecule has 0 N–H and O–H groups in total. The molecule has 0 radical (unpaired) electrons. The van der Waals surface area contributed by atoms with Gasteiger partial charge in [0, 0.05) is 33.7 Å². The molecule has 0 aliphatic carbocycles. The van der Waals surface area contributed by atoms with Gasteiger partial charge in [0.15, 0.2) is 11.6 Å². The highest BCUT2D eigenvalue weighted by Crippen LogP contribution is 2.66. The van der Waals surface area contributed by atoms with Gasteiger partial charge >= 0.3 is 0 Å². The summed E-state index contributed by atoms with van der Waals surface area (Å²) in [6.07, 6.45) is 3.79. The molecule has 4 nitrogen and oxygen atoms in total. The van der Waals surface area contributed by atoms with Crippen molar-refractivity contribution in [2.24, 2.45) is 0 Å². The van der Waals surface area contributed by atoms with Gasteiger partial charge in [0.2, 0.25) is 0 Å². The molecule has 3 aliphatic rings. The van der Waals surface area contributed by atoms with E-state index < -0.39 is 0 Å². The maximum atomic E-state index is 4.79. The maximum Gasteiger partial charge on any atom is 0.178 e. The van der Waals surface area contributed by atoms with Crippen LogP contribution in [0.2, 0.25) is 0 Å². The second-order valence-electron chi connectivity index (χ2n) is 7.81. The summed E-state index contributed by atoms with van der Waals surface area (Å²) in [5, 5.41) is 0. The molecule has 140 valence electrons. The van der Waals surface area contributed by atoms with Crippen LogP contribution in [0.25, 0.3) is 0 Å². The van der Waals surface area contributed by atoms with E-state index >= 15 is 0 Å². The van der Waals surface area contributed by atoms with Crippen molar-refractivity contribution in [3.63, 3.8) is 0 Å². The summed E-state index contributed by atoms with van der Waals surface area (Å²) < 4.78 is 3.84. The van der Waals surface area contributed by atoms with E-state index in [1.54, 1.807) is 12.4 Å². The van der Waals surface area contributed by atoms with E-state index in [0.29, 0.717) is 0 Å². The zero-order valence-electron chi connectivity index (χ0n) is 15.5. The molecule has 0 saturated carbocycles. The van der Waals surface area contributed by atoms with Gasteiger partial charge in [-0.1, -0.05) is 47.1 Å². The number of anilines is 4. The number of para-hydroxylation sites is 1. The molecule has 3 atom stereocenters. The highest BCUT2D eigenvalue weighted by Gasteiger charge is 2.65. The van der Waals surface area contributed by atoms with Crippen LogP contribution < -0.4 is 9.80 Å². The third-order valence-electron chi connectivity index (χ3n) is 6.42. The summed E-state index contributed by atoms with van der Waals surface area (Å²) in [7, 11) is 0. The summed E-state index contributed by atoms with van der Waals surface area (Å²) in [5.74, 6) is 1.90. The third-order valence-corrected chi connectivity index (χ3v) is 11.4. The van der Waals surface area contributed by atoms with Crippen LogP contribution in [0.4, 0.5) is 23.0 Å². The number of aromatic nitrogens is 2. The molecule has 28 heavy (non-hydrogen) atoms. The minimum Gasteiger partial charge on any atom is -0.300 e. The fourth-order valence-corrected chi connectivity index (χ4v) is 8.86. The van der Waals surface area contributed by atoms with Crippen LogP contribution in [-0.2, 0) is 5.41 Å². The Morgan fingerprint density at radius 1 is 0.964 bits per heavy atom. The van der Waals surface area contributed by atoms with Gasteiger partial charge in [0.05, 0.1) is 3.42 Å². The largest absolute Gasteiger partial charge is 0.300 e. The van der Waals surface area contributed by atoms with Crippen molar-refractivity contribution in [1.29, 1.82) is 0 Å². The predicted molar refractivity (Wildman–Crippen MR) is 127 cm³/mol. The molecule has 3 unspecified atom stereocenters. The van der Waals surface area contributed by atoms with Crippen LogP contribution in [0.15, 0.2) is 65.4 Å². The molecule has 6 rings (SSSR count). The second kappa shape index (κ2) is 5.63. The van der Waals surface area contributed by atoms with E-state index in [1.807, 2.05) is 0 Å². The second-order valence-corrected chi connectivity index (χ2v) is 12.2. The van der Waals surface area contributed by atoms with Gasteiger partial charge in [-0.2, -0.15) is 0 Å². The fraction of sp³-hybridized carbons (Fsp3) is 0.227. The number of hydrogen-bond donors (Lipinski definition) is 0. The first-order valence-electron chi connectivity index (χ1n) is 9.28. The molecular formula is C22H18BrIN4. The zero-order valence-corrected chi connectivity index (χ0v) is 19.2. The monoisotopic (exact) mass is 544 g/mol. The topological polar surface area (TPSA) is 32.3 Å². The Kier molecular flexibility index (Phi) is 3.44. The molecule has 0 saturated heterocycles. The molecule has 6 heteroatoms. The van der Waals surface area contributed by atoms with Crippen LogP contribution in [0.3, 0.4) is 0 Å². The molecule has 1 aromatic heterocycles. The van der Waals surface area contributed by atoms with Gasteiger partial charge in [-0.15, -0.1) is 20.7 Å². The standard InChI is InChI=1S/C22H18BrIN4/c1-21-13-24-22(21,2)20-27(15-6-4-3-5-7-15)18-19(26-11-10-25-18)28(20)17-12-14(23)8-9-16(17)21/h3-13,20H,1-2H3. The number of benzene rings is 2. The summed E-state index contributed by atoms with van der Waals surface area (Å²) in [4.78, 5) is 14.4. The van der Waals surface area contributed by atoms with Crippen LogP contribution >= 0.6 is 36.7 Å². The average molecular weight is 545 g/mol. The van der Waals surface area contributed by atoms with Crippen molar-refractivity contribution in [2.75, 3.05) is 9.80 Å². The van der Waals surface area contributed by atoms with Crippen molar-refractivity contribution in [3.05, 3.63) is 71.0 Å². The van der Waals surface area contributed by atoms with Crippen molar-refractivity contribution in [2.45, 2.75) is 28.8 Å². The molecule has 0 fully saturated rings. The normalized spacial score (nSPS) is 29.2. The Hall–Kier alpha value is -1.80. The molecule has 4 heterocycles. The quantitative estimate of drug-likeness (QED) is 0.292. The minimum atomic E-state index is -0.0697. The van der Waals surface area contributed by atoms with E-state index in [9.17, 15) is 0 Å². The number of hydrogen-bond acceptors (Lipinski definition) is 4. The zero-order chi connectivity index (χ0) is 19.1. The van der Waals surface area contributed by atoms with E-state index in [-0.39, 0.29) is 35.7 Å². The van der Waals surface area contributed by atoms with Gasteiger partial charge in [0.1, 0.15) is 6.17 Å². The smallest absolute Gasteiger partial charge is 0.178 e. The molecule has 0 spiro atoms. The van der Waals surface area contributed by atoms with Crippen molar-refractivity contribution in [1.82, 2.24) is 9.97 Å². The lowest BCUT2D eigenvalue weighted by Crippen LogP contribution is -2.68. The summed E-state index contributed by atoms with van der Waals surface area (Å²) in [6, 6.07) is 17.3. The molecule has 3 aromatic rings. The number of nitrogens with zero attached hydrogens (tertiary/aromatic N) is 4. The van der Waals surface area contributed by atoms with Gasteiger partial charge in [-0.3, -0.25) is 0 Å². The third kappa shape index (κ3) is 1.93. The molecular weight excluding hydrogens is 527 g/mol. The fourth-order valence-electron chi connectivity index (χ4n) is 4.77. The van der Waals surface area contributed by atoms with Crippen LogP contribution in [0.1, 0.15) is 19.4 Å².